The summed E-state index contributed by atoms with van der Waals surface area (Å²) >= 11 is 0. The van der Waals surface area contributed by atoms with E-state index < -0.39 is 0 Å². The Morgan fingerprint density at radius 2 is 1.81 bits per heavy atom. The molecule has 0 saturated carbocycles. The molecule has 2 aromatic carbocycles. The van der Waals surface area contributed by atoms with Crippen molar-refractivity contribution in [2.24, 2.45) is 0 Å². The van der Waals surface area contributed by atoms with Crippen molar-refractivity contribution in [3.8, 4) is 5.75 Å². The summed E-state index contributed by atoms with van der Waals surface area (Å²) in [6.07, 6.45) is 1.61. The van der Waals surface area contributed by atoms with Gasteiger partial charge in [-0.3, -0.25) is 10.1 Å². The number of furan rings is 1. The maximum absolute atomic E-state index is 12.2. The Kier molecular flexibility index (Phi) is 6.06. The zero-order valence-electron chi connectivity index (χ0n) is 14.6. The second-order valence-electron chi connectivity index (χ2n) is 5.97. The Balaban J connectivity index is 1.46. The number of nitrogens with one attached hydrogen (secondary N) is 2. The normalized spacial score (nSPS) is 11.7. The molecule has 2 N–H and O–H groups in total. The molecule has 0 unspecified atom stereocenters. The van der Waals surface area contributed by atoms with Gasteiger partial charge in [-0.25, -0.2) is 0 Å². The summed E-state index contributed by atoms with van der Waals surface area (Å²) in [5, 5.41) is 6.01. The van der Waals surface area contributed by atoms with Crippen molar-refractivity contribution in [2.75, 3.05) is 5.32 Å². The van der Waals surface area contributed by atoms with Crippen LogP contribution in [-0.2, 0) is 17.9 Å². The SMILES string of the molecule is C[C@@H](NCc1ccco1)C(=O)Nc1ccc(OCc2ccccc2)cc1. The van der Waals surface area contributed by atoms with Crippen molar-refractivity contribution in [2.45, 2.75) is 26.1 Å². The number of hydrogen-bond donors (Lipinski definition) is 2. The highest BCUT2D eigenvalue weighted by Gasteiger charge is 2.13. The van der Waals surface area contributed by atoms with Gasteiger partial charge in [-0.05, 0) is 48.9 Å². The molecule has 1 aromatic heterocycles. The number of carbonyl (C=O) groups excluding carboxylic acids is 1. The van der Waals surface area contributed by atoms with Crippen LogP contribution in [0.5, 0.6) is 5.75 Å². The summed E-state index contributed by atoms with van der Waals surface area (Å²) in [4.78, 5) is 12.2. The van der Waals surface area contributed by atoms with E-state index in [1.165, 1.54) is 0 Å². The molecule has 5 nitrogen and oxygen atoms in total. The molecular weight excluding hydrogens is 328 g/mol. The molecule has 0 aliphatic carbocycles. The molecule has 0 aliphatic heterocycles. The first kappa shape index (κ1) is 17.8. The lowest BCUT2D eigenvalue weighted by Crippen LogP contribution is -2.37. The number of carbonyl (C=O) groups is 1. The van der Waals surface area contributed by atoms with E-state index in [1.807, 2.05) is 73.7 Å². The van der Waals surface area contributed by atoms with Gasteiger partial charge < -0.3 is 14.5 Å². The van der Waals surface area contributed by atoms with E-state index in [2.05, 4.69) is 10.6 Å². The molecule has 0 bridgehead atoms. The predicted octanol–water partition coefficient (Wildman–Crippen LogP) is 3.98. The Bertz CT molecular complexity index is 799. The van der Waals surface area contributed by atoms with E-state index in [0.29, 0.717) is 13.2 Å². The van der Waals surface area contributed by atoms with Crippen molar-refractivity contribution in [3.63, 3.8) is 0 Å². The molecule has 0 saturated heterocycles. The smallest absolute Gasteiger partial charge is 0.241 e. The van der Waals surface area contributed by atoms with Crippen molar-refractivity contribution in [3.05, 3.63) is 84.3 Å². The fourth-order valence-corrected chi connectivity index (χ4v) is 2.39. The molecule has 3 rings (SSSR count). The molecule has 0 radical (unpaired) electrons. The molecule has 26 heavy (non-hydrogen) atoms. The summed E-state index contributed by atoms with van der Waals surface area (Å²) in [7, 11) is 0. The lowest BCUT2D eigenvalue weighted by molar-refractivity contribution is -0.117. The van der Waals surface area contributed by atoms with Crippen LogP contribution < -0.4 is 15.4 Å². The van der Waals surface area contributed by atoms with Crippen LogP contribution in [0.15, 0.2) is 77.4 Å². The van der Waals surface area contributed by atoms with Gasteiger partial charge in [-0.15, -0.1) is 0 Å². The van der Waals surface area contributed by atoms with E-state index >= 15 is 0 Å². The third-order valence-corrected chi connectivity index (χ3v) is 3.93. The van der Waals surface area contributed by atoms with E-state index in [0.717, 1.165) is 22.8 Å². The van der Waals surface area contributed by atoms with Crippen LogP contribution in [-0.4, -0.2) is 11.9 Å². The van der Waals surface area contributed by atoms with Gasteiger partial charge in [0.2, 0.25) is 5.91 Å². The van der Waals surface area contributed by atoms with Gasteiger partial charge in [-0.1, -0.05) is 30.3 Å². The van der Waals surface area contributed by atoms with Crippen LogP contribution in [0.3, 0.4) is 0 Å². The van der Waals surface area contributed by atoms with E-state index in [9.17, 15) is 4.79 Å². The van der Waals surface area contributed by atoms with Gasteiger partial charge in [-0.2, -0.15) is 0 Å². The fraction of sp³-hybridized carbons (Fsp3) is 0.190. The van der Waals surface area contributed by atoms with E-state index in [-0.39, 0.29) is 11.9 Å². The topological polar surface area (TPSA) is 63.5 Å². The Labute approximate surface area is 153 Å². The van der Waals surface area contributed by atoms with Crippen LogP contribution in [0, 0.1) is 0 Å². The van der Waals surface area contributed by atoms with Crippen LogP contribution >= 0.6 is 0 Å². The number of ether oxygens (including phenoxy) is 1. The minimum atomic E-state index is -0.339. The molecule has 3 aromatic rings. The van der Waals surface area contributed by atoms with Gasteiger partial charge in [0.25, 0.3) is 0 Å². The molecule has 1 atom stereocenters. The van der Waals surface area contributed by atoms with Gasteiger partial charge in [0.15, 0.2) is 0 Å². The fourth-order valence-electron chi connectivity index (χ4n) is 2.39. The third kappa shape index (κ3) is 5.22. The average Bonchev–Trinajstić information content (AvgIpc) is 3.20. The number of amides is 1. The average molecular weight is 350 g/mol. The highest BCUT2D eigenvalue weighted by molar-refractivity contribution is 5.94. The summed E-state index contributed by atoms with van der Waals surface area (Å²) in [5.74, 6) is 1.45. The standard InChI is InChI=1S/C21H22N2O3/c1-16(22-14-20-8-5-13-25-20)21(24)23-18-9-11-19(12-10-18)26-15-17-6-3-2-4-7-17/h2-13,16,22H,14-15H2,1H3,(H,23,24)/t16-/m1/s1. The highest BCUT2D eigenvalue weighted by Crippen LogP contribution is 2.17. The van der Waals surface area contributed by atoms with Crippen molar-refractivity contribution >= 4 is 11.6 Å². The van der Waals surface area contributed by atoms with E-state index in [4.69, 9.17) is 9.15 Å². The summed E-state index contributed by atoms with van der Waals surface area (Å²) in [5.41, 5.74) is 1.84. The number of anilines is 1. The summed E-state index contributed by atoms with van der Waals surface area (Å²) in [6.45, 7) is 2.84. The molecular formula is C21H22N2O3. The van der Waals surface area contributed by atoms with Crippen LogP contribution in [0.25, 0.3) is 0 Å². The molecule has 0 aliphatic rings. The molecule has 134 valence electrons. The zero-order valence-corrected chi connectivity index (χ0v) is 14.6. The zero-order chi connectivity index (χ0) is 18.2. The molecule has 1 amide bonds. The van der Waals surface area contributed by atoms with Crippen LogP contribution in [0.1, 0.15) is 18.2 Å². The first-order chi connectivity index (χ1) is 12.7. The van der Waals surface area contributed by atoms with Crippen molar-refractivity contribution in [1.82, 2.24) is 5.32 Å². The minimum absolute atomic E-state index is 0.102. The molecule has 5 heteroatoms. The molecule has 0 fully saturated rings. The molecule has 0 spiro atoms. The highest BCUT2D eigenvalue weighted by atomic mass is 16.5. The second kappa shape index (κ2) is 8.87. The van der Waals surface area contributed by atoms with Crippen LogP contribution in [0.2, 0.25) is 0 Å². The largest absolute Gasteiger partial charge is 0.489 e. The predicted molar refractivity (Wildman–Crippen MR) is 101 cm³/mol. The Morgan fingerprint density at radius 1 is 1.04 bits per heavy atom. The van der Waals surface area contributed by atoms with Gasteiger partial charge in [0, 0.05) is 5.69 Å². The first-order valence-electron chi connectivity index (χ1n) is 8.54. The number of hydrogen-bond acceptors (Lipinski definition) is 4. The monoisotopic (exact) mass is 350 g/mol. The number of benzene rings is 2. The minimum Gasteiger partial charge on any atom is -0.489 e. The quantitative estimate of drug-likeness (QED) is 0.645. The van der Waals surface area contributed by atoms with E-state index in [1.54, 1.807) is 6.26 Å². The van der Waals surface area contributed by atoms with Crippen molar-refractivity contribution in [1.29, 1.82) is 0 Å². The number of rotatable bonds is 8. The summed E-state index contributed by atoms with van der Waals surface area (Å²) in [6, 6.07) is 20.7. The Hall–Kier alpha value is -3.05. The van der Waals surface area contributed by atoms with Gasteiger partial charge in [0.05, 0.1) is 18.8 Å². The maximum Gasteiger partial charge on any atom is 0.241 e. The van der Waals surface area contributed by atoms with Crippen LogP contribution in [0.4, 0.5) is 5.69 Å². The second-order valence-corrected chi connectivity index (χ2v) is 5.97. The first-order valence-corrected chi connectivity index (χ1v) is 8.54. The third-order valence-electron chi connectivity index (χ3n) is 3.93. The lowest BCUT2D eigenvalue weighted by atomic mass is 10.2. The van der Waals surface area contributed by atoms with Gasteiger partial charge >= 0.3 is 0 Å². The van der Waals surface area contributed by atoms with Crippen molar-refractivity contribution < 1.29 is 13.9 Å². The Morgan fingerprint density at radius 3 is 2.50 bits per heavy atom. The molecule has 1 heterocycles. The maximum atomic E-state index is 12.2. The van der Waals surface area contributed by atoms with Gasteiger partial charge in [0.1, 0.15) is 18.1 Å². The summed E-state index contributed by atoms with van der Waals surface area (Å²) < 4.78 is 11.0. The lowest BCUT2D eigenvalue weighted by Gasteiger charge is -2.13.